The third kappa shape index (κ3) is 2.24. The lowest BCUT2D eigenvalue weighted by molar-refractivity contribution is 0.443. The van der Waals surface area contributed by atoms with E-state index in [2.05, 4.69) is 0 Å². The summed E-state index contributed by atoms with van der Waals surface area (Å²) in [6.45, 7) is 0.527. The second-order valence-corrected chi connectivity index (χ2v) is 6.94. The van der Waals surface area contributed by atoms with Crippen LogP contribution in [0.4, 0.5) is 0 Å². The van der Waals surface area contributed by atoms with Crippen molar-refractivity contribution < 1.29 is 8.42 Å². The van der Waals surface area contributed by atoms with Crippen molar-refractivity contribution in [1.82, 2.24) is 0 Å². The van der Waals surface area contributed by atoms with Gasteiger partial charge >= 0.3 is 0 Å². The van der Waals surface area contributed by atoms with Crippen LogP contribution in [0.1, 0.15) is 31.2 Å². The van der Waals surface area contributed by atoms with E-state index in [1.807, 2.05) is 12.1 Å². The van der Waals surface area contributed by atoms with Crippen LogP contribution in [0, 0.1) is 0 Å². The summed E-state index contributed by atoms with van der Waals surface area (Å²) in [5, 5.41) is 0. The van der Waals surface area contributed by atoms with Gasteiger partial charge in [-0.05, 0) is 24.5 Å². The summed E-state index contributed by atoms with van der Waals surface area (Å²) in [6, 6.07) is 7.30. The van der Waals surface area contributed by atoms with Crippen LogP contribution >= 0.6 is 0 Å². The van der Waals surface area contributed by atoms with Crippen LogP contribution in [0.25, 0.3) is 0 Å². The van der Waals surface area contributed by atoms with Crippen LogP contribution in [-0.4, -0.2) is 21.2 Å². The van der Waals surface area contributed by atoms with Crippen molar-refractivity contribution in [3.63, 3.8) is 0 Å². The van der Waals surface area contributed by atoms with E-state index in [4.69, 9.17) is 5.73 Å². The zero-order valence-electron chi connectivity index (χ0n) is 10.1. The Kier molecular flexibility index (Phi) is 3.27. The second kappa shape index (κ2) is 4.42. The molecule has 1 saturated carbocycles. The molecule has 1 aliphatic carbocycles. The first-order chi connectivity index (χ1) is 7.99. The summed E-state index contributed by atoms with van der Waals surface area (Å²) in [6.07, 6.45) is 5.53. The summed E-state index contributed by atoms with van der Waals surface area (Å²) in [5.41, 5.74) is 6.71. The quantitative estimate of drug-likeness (QED) is 0.894. The molecule has 4 heteroatoms. The fourth-order valence-corrected chi connectivity index (χ4v) is 3.87. The molecule has 0 spiro atoms. The van der Waals surface area contributed by atoms with Gasteiger partial charge in [0.1, 0.15) is 0 Å². The molecule has 1 aliphatic rings. The third-order valence-electron chi connectivity index (χ3n) is 3.81. The van der Waals surface area contributed by atoms with Gasteiger partial charge in [-0.2, -0.15) is 0 Å². The topological polar surface area (TPSA) is 60.2 Å². The van der Waals surface area contributed by atoms with Crippen molar-refractivity contribution in [2.24, 2.45) is 5.73 Å². The third-order valence-corrected chi connectivity index (χ3v) is 4.96. The monoisotopic (exact) mass is 253 g/mol. The Hall–Kier alpha value is -0.870. The van der Waals surface area contributed by atoms with Gasteiger partial charge in [0.05, 0.1) is 4.90 Å². The predicted octanol–water partition coefficient (Wildman–Crippen LogP) is 1.86. The smallest absolute Gasteiger partial charge is 0.175 e. The van der Waals surface area contributed by atoms with Gasteiger partial charge in [0.15, 0.2) is 9.84 Å². The van der Waals surface area contributed by atoms with Gasteiger partial charge in [-0.25, -0.2) is 8.42 Å². The van der Waals surface area contributed by atoms with Crippen LogP contribution in [0.5, 0.6) is 0 Å². The van der Waals surface area contributed by atoms with Crippen molar-refractivity contribution >= 4 is 9.84 Å². The highest BCUT2D eigenvalue weighted by molar-refractivity contribution is 7.90. The second-order valence-electron chi connectivity index (χ2n) is 4.96. The summed E-state index contributed by atoms with van der Waals surface area (Å²) >= 11 is 0. The molecule has 0 radical (unpaired) electrons. The van der Waals surface area contributed by atoms with Crippen LogP contribution in [0.3, 0.4) is 0 Å². The predicted molar refractivity (Wildman–Crippen MR) is 68.8 cm³/mol. The molecule has 3 nitrogen and oxygen atoms in total. The average Bonchev–Trinajstić information content (AvgIpc) is 2.78. The number of hydrogen-bond donors (Lipinski definition) is 1. The fraction of sp³-hybridized carbons (Fsp3) is 0.538. The van der Waals surface area contributed by atoms with Crippen LogP contribution in [0.2, 0.25) is 0 Å². The lowest BCUT2D eigenvalue weighted by Crippen LogP contribution is -2.33. The Morgan fingerprint density at radius 2 is 1.82 bits per heavy atom. The number of sulfone groups is 1. The first kappa shape index (κ1) is 12.6. The van der Waals surface area contributed by atoms with E-state index in [1.165, 1.54) is 6.26 Å². The van der Waals surface area contributed by atoms with Gasteiger partial charge < -0.3 is 5.73 Å². The molecule has 0 unspecified atom stereocenters. The molecule has 1 aromatic carbocycles. The minimum Gasteiger partial charge on any atom is -0.330 e. The lowest BCUT2D eigenvalue weighted by Gasteiger charge is -2.29. The van der Waals surface area contributed by atoms with E-state index in [0.29, 0.717) is 11.4 Å². The number of rotatable bonds is 3. The molecule has 0 amide bonds. The lowest BCUT2D eigenvalue weighted by atomic mass is 9.79. The molecule has 94 valence electrons. The highest BCUT2D eigenvalue weighted by Crippen LogP contribution is 2.42. The van der Waals surface area contributed by atoms with E-state index in [-0.39, 0.29) is 5.41 Å². The summed E-state index contributed by atoms with van der Waals surface area (Å²) < 4.78 is 23.7. The van der Waals surface area contributed by atoms with Gasteiger partial charge in [0.25, 0.3) is 0 Å². The Morgan fingerprint density at radius 1 is 1.24 bits per heavy atom. The van der Waals surface area contributed by atoms with E-state index in [0.717, 1.165) is 31.2 Å². The zero-order valence-corrected chi connectivity index (χ0v) is 11.0. The Labute approximate surface area is 103 Å². The highest BCUT2D eigenvalue weighted by Gasteiger charge is 2.37. The Bertz CT molecular complexity index is 502. The normalized spacial score (nSPS) is 19.4. The standard InChI is InChI=1S/C13H19NO2S/c1-17(15,16)12-7-3-2-6-11(12)13(10-14)8-4-5-9-13/h2-3,6-7H,4-5,8-10,14H2,1H3. The van der Waals surface area contributed by atoms with Gasteiger partial charge in [0, 0.05) is 18.2 Å². The molecule has 2 rings (SSSR count). The molecular formula is C13H19NO2S. The maximum absolute atomic E-state index is 11.8. The van der Waals surface area contributed by atoms with Crippen molar-refractivity contribution in [2.75, 3.05) is 12.8 Å². The molecule has 0 saturated heterocycles. The fourth-order valence-electron chi connectivity index (χ4n) is 2.86. The molecule has 0 aromatic heterocycles. The molecular weight excluding hydrogens is 234 g/mol. The molecule has 2 N–H and O–H groups in total. The first-order valence-corrected chi connectivity index (χ1v) is 7.88. The minimum atomic E-state index is -3.17. The van der Waals surface area contributed by atoms with E-state index in [9.17, 15) is 8.42 Å². The first-order valence-electron chi connectivity index (χ1n) is 5.99. The zero-order chi connectivity index (χ0) is 12.5. The molecule has 1 aromatic rings. The van der Waals surface area contributed by atoms with Crippen LogP contribution < -0.4 is 5.73 Å². The van der Waals surface area contributed by atoms with Gasteiger partial charge in [0.2, 0.25) is 0 Å². The summed E-state index contributed by atoms with van der Waals surface area (Å²) in [7, 11) is -3.17. The molecule has 0 bridgehead atoms. The van der Waals surface area contributed by atoms with Crippen molar-refractivity contribution in [3.05, 3.63) is 29.8 Å². The van der Waals surface area contributed by atoms with E-state index >= 15 is 0 Å². The number of hydrogen-bond acceptors (Lipinski definition) is 3. The largest absolute Gasteiger partial charge is 0.330 e. The summed E-state index contributed by atoms with van der Waals surface area (Å²) in [4.78, 5) is 0.451. The minimum absolute atomic E-state index is 0.125. The molecule has 0 aliphatic heterocycles. The van der Waals surface area contributed by atoms with Gasteiger partial charge in [-0.1, -0.05) is 31.0 Å². The van der Waals surface area contributed by atoms with E-state index in [1.54, 1.807) is 12.1 Å². The highest BCUT2D eigenvalue weighted by atomic mass is 32.2. The molecule has 1 fully saturated rings. The maximum Gasteiger partial charge on any atom is 0.175 e. The molecule has 0 heterocycles. The average molecular weight is 253 g/mol. The van der Waals surface area contributed by atoms with Crippen molar-refractivity contribution in [2.45, 2.75) is 36.0 Å². The van der Waals surface area contributed by atoms with Crippen molar-refractivity contribution in [1.29, 1.82) is 0 Å². The maximum atomic E-state index is 11.8. The Balaban J connectivity index is 2.59. The summed E-state index contributed by atoms with van der Waals surface area (Å²) in [5.74, 6) is 0. The van der Waals surface area contributed by atoms with Crippen molar-refractivity contribution in [3.8, 4) is 0 Å². The molecule has 0 atom stereocenters. The van der Waals surface area contributed by atoms with Crippen LogP contribution in [0.15, 0.2) is 29.2 Å². The van der Waals surface area contributed by atoms with Crippen LogP contribution in [-0.2, 0) is 15.3 Å². The number of nitrogens with two attached hydrogens (primary N) is 1. The SMILES string of the molecule is CS(=O)(=O)c1ccccc1C1(CN)CCCC1. The van der Waals surface area contributed by atoms with Gasteiger partial charge in [-0.15, -0.1) is 0 Å². The molecule has 17 heavy (non-hydrogen) atoms. The van der Waals surface area contributed by atoms with Gasteiger partial charge in [-0.3, -0.25) is 0 Å². The Morgan fingerprint density at radius 3 is 2.35 bits per heavy atom. The van der Waals surface area contributed by atoms with E-state index < -0.39 is 9.84 Å². The number of benzene rings is 1.